The third-order valence-electron chi connectivity index (χ3n) is 4.74. The molecule has 2 aromatic rings. The number of unbranched alkanes of at least 4 members (excludes halogenated alkanes) is 2. The Morgan fingerprint density at radius 2 is 2.03 bits per heavy atom. The minimum absolute atomic E-state index is 0.00651. The molecule has 1 saturated heterocycles. The number of hydrogen-bond donors (Lipinski definition) is 2. The molecule has 2 N–H and O–H groups in total. The zero-order valence-corrected chi connectivity index (χ0v) is 20.3. The van der Waals surface area contributed by atoms with Crippen LogP contribution in [0.15, 0.2) is 51.8 Å². The zero-order chi connectivity index (χ0) is 22.4. The van der Waals surface area contributed by atoms with Gasteiger partial charge in [-0.2, -0.15) is 0 Å². The first kappa shape index (κ1) is 23.5. The Hall–Kier alpha value is -2.16. The average Bonchev–Trinajstić information content (AvgIpc) is 2.97. The molecule has 1 aliphatic heterocycles. The van der Waals surface area contributed by atoms with Crippen LogP contribution < -0.4 is 5.32 Å². The van der Waals surface area contributed by atoms with Gasteiger partial charge >= 0.3 is 0 Å². The normalized spacial score (nSPS) is 15.0. The van der Waals surface area contributed by atoms with Gasteiger partial charge in [0.1, 0.15) is 10.1 Å². The van der Waals surface area contributed by atoms with Gasteiger partial charge in [-0.15, -0.1) is 0 Å². The Bertz CT molecular complexity index is 1040. The van der Waals surface area contributed by atoms with Crippen LogP contribution in [0.3, 0.4) is 0 Å². The van der Waals surface area contributed by atoms with Crippen molar-refractivity contribution in [1.29, 1.82) is 0 Å². The van der Waals surface area contributed by atoms with Gasteiger partial charge in [-0.25, -0.2) is 0 Å². The van der Waals surface area contributed by atoms with Crippen LogP contribution in [0.5, 0.6) is 5.75 Å². The molecule has 0 unspecified atom stereocenters. The van der Waals surface area contributed by atoms with Crippen molar-refractivity contribution in [3.05, 3.63) is 63.0 Å². The molecule has 0 spiro atoms. The van der Waals surface area contributed by atoms with Crippen molar-refractivity contribution >= 4 is 67.8 Å². The molecule has 0 aromatic heterocycles. The number of rotatable bonds is 8. The fraction of sp³-hybridized carbons (Fsp3) is 0.261. The van der Waals surface area contributed by atoms with Gasteiger partial charge in [-0.05, 0) is 61.7 Å². The molecule has 3 rings (SSSR count). The van der Waals surface area contributed by atoms with E-state index in [9.17, 15) is 14.7 Å². The van der Waals surface area contributed by atoms with Crippen LogP contribution in [-0.4, -0.2) is 32.7 Å². The Kier molecular flexibility index (Phi) is 8.28. The van der Waals surface area contributed by atoms with Crippen molar-refractivity contribution in [2.75, 3.05) is 11.9 Å². The van der Waals surface area contributed by atoms with E-state index in [1.807, 2.05) is 31.2 Å². The minimum Gasteiger partial charge on any atom is -0.507 e. The number of aryl methyl sites for hydroxylation is 1. The van der Waals surface area contributed by atoms with E-state index in [0.29, 0.717) is 27.8 Å². The lowest BCUT2D eigenvalue weighted by molar-refractivity contribution is -0.122. The third-order valence-corrected chi connectivity index (χ3v) is 6.61. The summed E-state index contributed by atoms with van der Waals surface area (Å²) in [6.45, 7) is 2.51. The molecule has 0 radical (unpaired) electrons. The number of thioether (sulfide) groups is 1. The summed E-state index contributed by atoms with van der Waals surface area (Å²) in [6, 6.07) is 12.8. The maximum Gasteiger partial charge on any atom is 0.266 e. The summed E-state index contributed by atoms with van der Waals surface area (Å²) in [4.78, 5) is 26.9. The van der Waals surface area contributed by atoms with Gasteiger partial charge in [0.05, 0.1) is 4.91 Å². The number of nitrogens with zero attached hydrogens (tertiary/aromatic N) is 1. The number of phenolic OH excluding ortho intramolecular Hbond substituents is 1. The number of thiocarbonyl (C=S) groups is 1. The predicted molar refractivity (Wildman–Crippen MR) is 134 cm³/mol. The first-order valence-electron chi connectivity index (χ1n) is 9.94. The van der Waals surface area contributed by atoms with Gasteiger partial charge in [0, 0.05) is 28.7 Å². The molecule has 1 aliphatic rings. The van der Waals surface area contributed by atoms with E-state index in [0.717, 1.165) is 35.0 Å². The summed E-state index contributed by atoms with van der Waals surface area (Å²) in [5.41, 5.74) is 2.48. The maximum absolute atomic E-state index is 12.7. The smallest absolute Gasteiger partial charge is 0.266 e. The van der Waals surface area contributed by atoms with E-state index >= 15 is 0 Å². The standard InChI is InChI=1S/C23H23BrN2O3S2/c1-15-6-5-7-18(12-15)25-21(28)8-3-2-4-11-26-22(29)20(31-23(26)30)14-16-13-17(24)9-10-19(16)27/h5-7,9-10,12-14,27H,2-4,8,11H2,1H3,(H,25,28)/b20-14-. The number of halogens is 1. The van der Waals surface area contributed by atoms with E-state index in [1.165, 1.54) is 11.8 Å². The predicted octanol–water partition coefficient (Wildman–Crippen LogP) is 5.86. The van der Waals surface area contributed by atoms with E-state index in [4.69, 9.17) is 12.2 Å². The number of carbonyl (C=O) groups is 2. The van der Waals surface area contributed by atoms with Crippen LogP contribution in [0.4, 0.5) is 5.69 Å². The Labute approximate surface area is 200 Å². The number of benzene rings is 2. The zero-order valence-electron chi connectivity index (χ0n) is 17.1. The van der Waals surface area contributed by atoms with Gasteiger partial charge in [-0.1, -0.05) is 58.5 Å². The van der Waals surface area contributed by atoms with Crippen LogP contribution in [-0.2, 0) is 9.59 Å². The average molecular weight is 519 g/mol. The Balaban J connectivity index is 1.45. The molecule has 0 atom stereocenters. The highest BCUT2D eigenvalue weighted by Crippen LogP contribution is 2.35. The second kappa shape index (κ2) is 10.9. The number of aromatic hydroxyl groups is 1. The maximum atomic E-state index is 12.7. The van der Waals surface area contributed by atoms with Gasteiger partial charge in [0.15, 0.2) is 0 Å². The molecule has 0 aliphatic carbocycles. The van der Waals surface area contributed by atoms with Crippen LogP contribution in [0, 0.1) is 6.92 Å². The lowest BCUT2D eigenvalue weighted by Crippen LogP contribution is -2.29. The molecule has 31 heavy (non-hydrogen) atoms. The number of anilines is 1. The first-order valence-corrected chi connectivity index (χ1v) is 12.0. The van der Waals surface area contributed by atoms with Crippen molar-refractivity contribution in [1.82, 2.24) is 4.90 Å². The molecule has 162 valence electrons. The number of hydrogen-bond acceptors (Lipinski definition) is 5. The monoisotopic (exact) mass is 518 g/mol. The molecule has 0 bridgehead atoms. The highest BCUT2D eigenvalue weighted by molar-refractivity contribution is 9.10. The second-order valence-electron chi connectivity index (χ2n) is 7.26. The first-order chi connectivity index (χ1) is 14.8. The fourth-order valence-electron chi connectivity index (χ4n) is 3.15. The number of amides is 2. The van der Waals surface area contributed by atoms with Crippen LogP contribution in [0.1, 0.15) is 36.8 Å². The second-order valence-corrected chi connectivity index (χ2v) is 9.86. The summed E-state index contributed by atoms with van der Waals surface area (Å²) in [6.07, 6.45) is 4.43. The number of phenols is 1. The molecule has 2 aromatic carbocycles. The molecule has 5 nitrogen and oxygen atoms in total. The van der Waals surface area contributed by atoms with Crippen molar-refractivity contribution in [2.24, 2.45) is 0 Å². The van der Waals surface area contributed by atoms with Crippen LogP contribution in [0.2, 0.25) is 0 Å². The van der Waals surface area contributed by atoms with Gasteiger partial charge < -0.3 is 10.4 Å². The number of carbonyl (C=O) groups excluding carboxylic acids is 2. The minimum atomic E-state index is -0.147. The quantitative estimate of drug-likeness (QED) is 0.260. The van der Waals surface area contributed by atoms with E-state index in [-0.39, 0.29) is 17.6 Å². The molecule has 8 heteroatoms. The van der Waals surface area contributed by atoms with Gasteiger partial charge in [-0.3, -0.25) is 14.5 Å². The van der Waals surface area contributed by atoms with Gasteiger partial charge in [0.2, 0.25) is 5.91 Å². The summed E-state index contributed by atoms with van der Waals surface area (Å²) >= 11 is 9.97. The fourth-order valence-corrected chi connectivity index (χ4v) is 4.83. The Morgan fingerprint density at radius 3 is 2.81 bits per heavy atom. The molecule has 2 amide bonds. The summed E-state index contributed by atoms with van der Waals surface area (Å²) in [7, 11) is 0. The largest absolute Gasteiger partial charge is 0.507 e. The lowest BCUT2D eigenvalue weighted by atomic mass is 10.1. The summed E-state index contributed by atoms with van der Waals surface area (Å²) < 4.78 is 1.33. The van der Waals surface area contributed by atoms with Crippen molar-refractivity contribution < 1.29 is 14.7 Å². The van der Waals surface area contributed by atoms with Gasteiger partial charge in [0.25, 0.3) is 5.91 Å². The molecular formula is C23H23BrN2O3S2. The van der Waals surface area contributed by atoms with E-state index in [2.05, 4.69) is 21.2 Å². The topological polar surface area (TPSA) is 69.6 Å². The van der Waals surface area contributed by atoms with Crippen LogP contribution >= 0.6 is 39.9 Å². The molecule has 1 fully saturated rings. The number of nitrogens with one attached hydrogen (secondary N) is 1. The van der Waals surface area contributed by atoms with Crippen molar-refractivity contribution in [2.45, 2.75) is 32.6 Å². The highest BCUT2D eigenvalue weighted by atomic mass is 79.9. The Morgan fingerprint density at radius 1 is 1.23 bits per heavy atom. The van der Waals surface area contributed by atoms with Crippen LogP contribution in [0.25, 0.3) is 6.08 Å². The lowest BCUT2D eigenvalue weighted by Gasteiger charge is -2.14. The molecule has 1 heterocycles. The van der Waals surface area contributed by atoms with Crippen molar-refractivity contribution in [3.8, 4) is 5.75 Å². The van der Waals surface area contributed by atoms with E-state index in [1.54, 1.807) is 29.2 Å². The highest BCUT2D eigenvalue weighted by Gasteiger charge is 2.31. The van der Waals surface area contributed by atoms with Crippen molar-refractivity contribution in [3.63, 3.8) is 0 Å². The summed E-state index contributed by atoms with van der Waals surface area (Å²) in [5, 5.41) is 12.9. The molecule has 0 saturated carbocycles. The molecular weight excluding hydrogens is 496 g/mol. The SMILES string of the molecule is Cc1cccc(NC(=O)CCCCCN2C(=O)/C(=C/c3cc(Br)ccc3O)SC2=S)c1. The summed E-state index contributed by atoms with van der Waals surface area (Å²) in [5.74, 6) is -0.0445. The van der Waals surface area contributed by atoms with E-state index < -0.39 is 0 Å². The third kappa shape index (κ3) is 6.66.